The molecule has 0 spiro atoms. The highest BCUT2D eigenvalue weighted by Crippen LogP contribution is 2.38. The lowest BCUT2D eigenvalue weighted by Gasteiger charge is -2.44. The number of carbonyl (C=O) groups excluding carboxylic acids is 1. The molecule has 3 nitrogen and oxygen atoms in total. The Morgan fingerprint density at radius 1 is 0.914 bits per heavy atom. The molecule has 0 bridgehead atoms. The summed E-state index contributed by atoms with van der Waals surface area (Å²) < 4.78 is 12.0. The van der Waals surface area contributed by atoms with Gasteiger partial charge >= 0.3 is 5.97 Å². The number of rotatable bonds is 13. The fraction of sp³-hybridized carbons (Fsp3) is 0.387. The van der Waals surface area contributed by atoms with Crippen molar-refractivity contribution in [1.29, 1.82) is 0 Å². The molecule has 0 aliphatic carbocycles. The molecular formula is C31H42O3Si. The Bertz CT molecular complexity index is 916. The van der Waals surface area contributed by atoms with Crippen LogP contribution in [0.25, 0.3) is 0 Å². The zero-order chi connectivity index (χ0) is 25.6. The second-order valence-electron chi connectivity index (χ2n) is 9.79. The molecule has 0 aliphatic rings. The van der Waals surface area contributed by atoms with Crippen LogP contribution in [0, 0.1) is 0 Å². The van der Waals surface area contributed by atoms with Crippen LogP contribution >= 0.6 is 0 Å². The second-order valence-corrected chi connectivity index (χ2v) is 14.0. The monoisotopic (exact) mass is 490 g/mol. The van der Waals surface area contributed by atoms with Crippen LogP contribution in [0.2, 0.25) is 5.04 Å². The van der Waals surface area contributed by atoms with E-state index in [9.17, 15) is 4.79 Å². The van der Waals surface area contributed by atoms with Gasteiger partial charge in [0.25, 0.3) is 8.32 Å². The molecule has 0 saturated heterocycles. The summed E-state index contributed by atoms with van der Waals surface area (Å²) in [6.07, 6.45) is 17.0. The normalized spacial score (nSPS) is 13.6. The van der Waals surface area contributed by atoms with Crippen LogP contribution in [0.15, 0.2) is 97.1 Å². The van der Waals surface area contributed by atoms with Gasteiger partial charge in [-0.3, -0.25) is 0 Å². The van der Waals surface area contributed by atoms with Crippen LogP contribution in [0.4, 0.5) is 0 Å². The van der Waals surface area contributed by atoms with Crippen molar-refractivity contribution in [3.05, 3.63) is 97.1 Å². The van der Waals surface area contributed by atoms with Gasteiger partial charge in [0.05, 0.1) is 13.2 Å². The molecule has 2 aromatic carbocycles. The molecule has 188 valence electrons. The summed E-state index contributed by atoms with van der Waals surface area (Å²) in [5, 5.41) is 2.41. The predicted molar refractivity (Wildman–Crippen MR) is 151 cm³/mol. The summed E-state index contributed by atoms with van der Waals surface area (Å²) in [6.45, 7) is 9.09. The van der Waals surface area contributed by atoms with Crippen molar-refractivity contribution >= 4 is 24.7 Å². The number of esters is 1. The molecule has 0 aromatic heterocycles. The number of allylic oxidation sites excluding steroid dienone is 3. The van der Waals surface area contributed by atoms with E-state index >= 15 is 0 Å². The number of carbonyl (C=O) groups is 1. The number of hydrogen-bond donors (Lipinski definition) is 0. The maximum absolute atomic E-state index is 11.5. The summed E-state index contributed by atoms with van der Waals surface area (Å²) in [7, 11) is -1.30. The summed E-state index contributed by atoms with van der Waals surface area (Å²) in [6, 6.07) is 21.4. The highest BCUT2D eigenvalue weighted by Gasteiger charge is 2.51. The second kappa shape index (κ2) is 14.6. The average Bonchev–Trinajstić information content (AvgIpc) is 2.86. The SMILES string of the molecule is CCCCC/C=C\C[C@H](/C=C/C=C/C(=O)OC)O[Si](c1ccccc1)(c1ccccc1)C(C)(C)C. The summed E-state index contributed by atoms with van der Waals surface area (Å²) in [5.41, 5.74) is 0. The maximum Gasteiger partial charge on any atom is 0.330 e. The molecule has 0 radical (unpaired) electrons. The van der Waals surface area contributed by atoms with Gasteiger partial charge in [-0.2, -0.15) is 0 Å². The molecule has 2 rings (SSSR count). The number of methoxy groups -OCH3 is 1. The number of unbranched alkanes of at least 4 members (excludes halogenated alkanes) is 3. The lowest BCUT2D eigenvalue weighted by molar-refractivity contribution is -0.134. The topological polar surface area (TPSA) is 35.5 Å². The van der Waals surface area contributed by atoms with Gasteiger partial charge in [-0.15, -0.1) is 0 Å². The fourth-order valence-corrected chi connectivity index (χ4v) is 8.98. The number of ether oxygens (including phenoxy) is 1. The minimum atomic E-state index is -2.68. The first-order chi connectivity index (χ1) is 16.8. The highest BCUT2D eigenvalue weighted by atomic mass is 28.4. The van der Waals surface area contributed by atoms with E-state index in [4.69, 9.17) is 9.16 Å². The quantitative estimate of drug-likeness (QED) is 0.0778. The molecule has 0 saturated carbocycles. The van der Waals surface area contributed by atoms with Crippen molar-refractivity contribution in [2.75, 3.05) is 7.11 Å². The molecule has 35 heavy (non-hydrogen) atoms. The third-order valence-corrected chi connectivity index (χ3v) is 11.2. The molecule has 0 aliphatic heterocycles. The molecule has 2 aromatic rings. The Kier molecular flexibility index (Phi) is 11.9. The van der Waals surface area contributed by atoms with Crippen LogP contribution in [0.5, 0.6) is 0 Å². The van der Waals surface area contributed by atoms with Crippen LogP contribution in [-0.4, -0.2) is 27.5 Å². The van der Waals surface area contributed by atoms with Gasteiger partial charge in [0.1, 0.15) is 0 Å². The van der Waals surface area contributed by atoms with Crippen LogP contribution in [-0.2, 0) is 14.0 Å². The van der Waals surface area contributed by atoms with E-state index in [0.717, 1.165) is 12.8 Å². The molecule has 1 atom stereocenters. The first-order valence-corrected chi connectivity index (χ1v) is 14.6. The minimum Gasteiger partial charge on any atom is -0.466 e. The van der Waals surface area contributed by atoms with Gasteiger partial charge in [0.2, 0.25) is 0 Å². The highest BCUT2D eigenvalue weighted by molar-refractivity contribution is 6.99. The van der Waals surface area contributed by atoms with E-state index in [1.165, 1.54) is 42.8 Å². The molecule has 0 N–H and O–H groups in total. The van der Waals surface area contributed by atoms with E-state index in [0.29, 0.717) is 0 Å². The van der Waals surface area contributed by atoms with Crippen molar-refractivity contribution in [2.45, 2.75) is 70.9 Å². The first kappa shape index (κ1) is 28.5. The number of benzene rings is 2. The Hall–Kier alpha value is -2.69. The molecular weight excluding hydrogens is 448 g/mol. The third-order valence-electron chi connectivity index (χ3n) is 6.12. The predicted octanol–water partition coefficient (Wildman–Crippen LogP) is 6.74. The van der Waals surface area contributed by atoms with Crippen molar-refractivity contribution in [3.8, 4) is 0 Å². The maximum atomic E-state index is 11.5. The van der Waals surface area contributed by atoms with Crippen molar-refractivity contribution in [2.24, 2.45) is 0 Å². The van der Waals surface area contributed by atoms with Crippen molar-refractivity contribution < 1.29 is 14.0 Å². The van der Waals surface area contributed by atoms with E-state index < -0.39 is 8.32 Å². The van der Waals surface area contributed by atoms with Gasteiger partial charge in [-0.25, -0.2) is 4.79 Å². The zero-order valence-corrected chi connectivity index (χ0v) is 23.1. The molecule has 0 heterocycles. The van der Waals surface area contributed by atoms with E-state index in [1.807, 2.05) is 6.08 Å². The van der Waals surface area contributed by atoms with E-state index in [1.54, 1.807) is 6.08 Å². The summed E-state index contributed by atoms with van der Waals surface area (Å²) in [5.74, 6) is -0.366. The summed E-state index contributed by atoms with van der Waals surface area (Å²) >= 11 is 0. The van der Waals surface area contributed by atoms with Gasteiger partial charge in [-0.05, 0) is 34.7 Å². The van der Waals surface area contributed by atoms with E-state index in [-0.39, 0.29) is 17.1 Å². The molecule has 0 amide bonds. The third kappa shape index (κ3) is 8.48. The molecule has 0 unspecified atom stereocenters. The number of hydrogen-bond acceptors (Lipinski definition) is 3. The van der Waals surface area contributed by atoms with Crippen LogP contribution in [0.1, 0.15) is 59.8 Å². The van der Waals surface area contributed by atoms with Crippen LogP contribution in [0.3, 0.4) is 0 Å². The van der Waals surface area contributed by atoms with Crippen LogP contribution < -0.4 is 10.4 Å². The Morgan fingerprint density at radius 2 is 1.51 bits per heavy atom. The van der Waals surface area contributed by atoms with E-state index in [2.05, 4.69) is 107 Å². The lowest BCUT2D eigenvalue weighted by Crippen LogP contribution is -2.67. The standard InChI is InChI=1S/C31H42O3Si/c1-6-7-8-9-10-13-20-27(21-18-19-26-30(32)33-5)34-35(31(2,3)4,28-22-14-11-15-23-28)29-24-16-12-17-25-29/h10-19,21-27H,6-9,20H2,1-5H3/b13-10-,21-18+,26-19+/t27-/m1/s1. The minimum absolute atomic E-state index is 0.103. The fourth-order valence-electron chi connectivity index (χ4n) is 4.33. The first-order valence-electron chi connectivity index (χ1n) is 12.7. The van der Waals surface area contributed by atoms with Gasteiger partial charge < -0.3 is 9.16 Å². The Balaban J connectivity index is 2.48. The average molecular weight is 491 g/mol. The smallest absolute Gasteiger partial charge is 0.330 e. The van der Waals surface area contributed by atoms with Gasteiger partial charge in [-0.1, -0.05) is 132 Å². The largest absolute Gasteiger partial charge is 0.466 e. The summed E-state index contributed by atoms with van der Waals surface area (Å²) in [4.78, 5) is 11.5. The molecule has 4 heteroatoms. The van der Waals surface area contributed by atoms with Crippen molar-refractivity contribution in [3.63, 3.8) is 0 Å². The zero-order valence-electron chi connectivity index (χ0n) is 22.1. The van der Waals surface area contributed by atoms with Gasteiger partial charge in [0.15, 0.2) is 0 Å². The lowest BCUT2D eigenvalue weighted by atomic mass is 10.1. The Morgan fingerprint density at radius 3 is 2.03 bits per heavy atom. The van der Waals surface area contributed by atoms with Crippen molar-refractivity contribution in [1.82, 2.24) is 0 Å². The Labute approximate surface area is 213 Å². The molecule has 0 fully saturated rings. The van der Waals surface area contributed by atoms with Gasteiger partial charge in [0, 0.05) is 6.08 Å².